The fraction of sp³-hybridized carbons (Fsp3) is 0.591. The molecule has 0 saturated heterocycles. The molecule has 7 heteroatoms. The van der Waals surface area contributed by atoms with Crippen molar-refractivity contribution in [3.05, 3.63) is 47.3 Å². The van der Waals surface area contributed by atoms with Gasteiger partial charge in [-0.15, -0.1) is 10.2 Å². The molecule has 0 saturated carbocycles. The number of hydrogen-bond acceptors (Lipinski definition) is 3. The Morgan fingerprint density at radius 3 is 2.86 bits per heavy atom. The van der Waals surface area contributed by atoms with Crippen molar-refractivity contribution < 1.29 is 4.39 Å². The molecule has 0 amide bonds. The maximum atomic E-state index is 13.6. The second kappa shape index (κ2) is 9.85. The highest BCUT2D eigenvalue weighted by atomic mass is 19.1. The minimum absolute atomic E-state index is 0.211. The van der Waals surface area contributed by atoms with E-state index in [1.165, 1.54) is 25.3 Å². The quantitative estimate of drug-likeness (QED) is 0.553. The van der Waals surface area contributed by atoms with E-state index in [2.05, 4.69) is 39.2 Å². The van der Waals surface area contributed by atoms with Crippen LogP contribution >= 0.6 is 0 Å². The number of benzene rings is 1. The van der Waals surface area contributed by atoms with E-state index in [1.807, 2.05) is 13.0 Å². The molecule has 1 aromatic carbocycles. The van der Waals surface area contributed by atoms with Gasteiger partial charge in [-0.3, -0.25) is 4.99 Å². The van der Waals surface area contributed by atoms with E-state index in [0.29, 0.717) is 6.54 Å². The Morgan fingerprint density at radius 2 is 2.07 bits per heavy atom. The molecule has 2 heterocycles. The number of halogens is 1. The van der Waals surface area contributed by atoms with E-state index in [-0.39, 0.29) is 11.2 Å². The van der Waals surface area contributed by atoms with E-state index in [9.17, 15) is 4.39 Å². The van der Waals surface area contributed by atoms with E-state index in [1.54, 1.807) is 12.1 Å². The molecule has 0 unspecified atom stereocenters. The summed E-state index contributed by atoms with van der Waals surface area (Å²) in [5.74, 6) is 2.73. The minimum Gasteiger partial charge on any atom is -0.357 e. The van der Waals surface area contributed by atoms with Crippen LogP contribution in [0.1, 0.15) is 57.2 Å². The highest BCUT2D eigenvalue weighted by molar-refractivity contribution is 5.79. The Labute approximate surface area is 173 Å². The maximum Gasteiger partial charge on any atom is 0.191 e. The molecule has 6 nitrogen and oxygen atoms in total. The Morgan fingerprint density at radius 1 is 1.21 bits per heavy atom. The molecule has 3 rings (SSSR count). The van der Waals surface area contributed by atoms with Gasteiger partial charge in [0.05, 0.1) is 6.54 Å². The average molecular weight is 401 g/mol. The van der Waals surface area contributed by atoms with Crippen LogP contribution < -0.4 is 10.6 Å². The number of aryl methyl sites for hydroxylation is 1. The van der Waals surface area contributed by atoms with E-state index >= 15 is 0 Å². The predicted molar refractivity (Wildman–Crippen MR) is 115 cm³/mol. The molecule has 0 atom stereocenters. The molecule has 1 aromatic heterocycles. The molecule has 0 spiro atoms. The summed E-state index contributed by atoms with van der Waals surface area (Å²) in [6.45, 7) is 9.32. The number of hydrogen-bond donors (Lipinski definition) is 2. The Kier molecular flexibility index (Phi) is 7.23. The molecule has 1 aliphatic rings. The fourth-order valence-corrected chi connectivity index (χ4v) is 3.64. The molecule has 1 aliphatic heterocycles. The van der Waals surface area contributed by atoms with Gasteiger partial charge in [0.2, 0.25) is 0 Å². The normalized spacial score (nSPS) is 15.0. The number of nitrogens with zero attached hydrogens (tertiary/aromatic N) is 4. The predicted octanol–water partition coefficient (Wildman–Crippen LogP) is 3.22. The van der Waals surface area contributed by atoms with Crippen LogP contribution in [0.25, 0.3) is 0 Å². The minimum atomic E-state index is -0.255. The van der Waals surface area contributed by atoms with Gasteiger partial charge in [0.15, 0.2) is 5.96 Å². The van der Waals surface area contributed by atoms with Gasteiger partial charge < -0.3 is 15.2 Å². The lowest BCUT2D eigenvalue weighted by Crippen LogP contribution is -2.39. The molecule has 0 radical (unpaired) electrons. The van der Waals surface area contributed by atoms with Gasteiger partial charge in [0.25, 0.3) is 0 Å². The average Bonchev–Trinajstić information content (AvgIpc) is 2.92. The van der Waals surface area contributed by atoms with Crippen LogP contribution in [-0.2, 0) is 24.8 Å². The molecule has 2 aromatic rings. The third-order valence-electron chi connectivity index (χ3n) is 5.41. The van der Waals surface area contributed by atoms with Gasteiger partial charge in [-0.25, -0.2) is 4.39 Å². The fourth-order valence-electron chi connectivity index (χ4n) is 3.64. The summed E-state index contributed by atoms with van der Waals surface area (Å²) < 4.78 is 15.9. The van der Waals surface area contributed by atoms with Crippen molar-refractivity contribution in [2.24, 2.45) is 4.99 Å². The van der Waals surface area contributed by atoms with E-state index in [0.717, 1.165) is 55.6 Å². The third kappa shape index (κ3) is 5.78. The molecule has 0 fully saturated rings. The molecule has 158 valence electrons. The maximum absolute atomic E-state index is 13.6. The topological polar surface area (TPSA) is 67.1 Å². The summed E-state index contributed by atoms with van der Waals surface area (Å²) in [6, 6.07) is 6.77. The van der Waals surface area contributed by atoms with Crippen molar-refractivity contribution in [1.82, 2.24) is 25.4 Å². The molecular weight excluding hydrogens is 367 g/mol. The van der Waals surface area contributed by atoms with Crippen molar-refractivity contribution in [2.75, 3.05) is 19.6 Å². The van der Waals surface area contributed by atoms with Crippen LogP contribution in [0.2, 0.25) is 0 Å². The second-order valence-corrected chi connectivity index (χ2v) is 8.26. The van der Waals surface area contributed by atoms with Crippen LogP contribution in [0.4, 0.5) is 4.39 Å². The Bertz CT molecular complexity index is 826. The van der Waals surface area contributed by atoms with Crippen molar-refractivity contribution in [3.63, 3.8) is 0 Å². The number of fused-ring (bicyclic) bond motifs is 1. The zero-order valence-electron chi connectivity index (χ0n) is 17.8. The van der Waals surface area contributed by atoms with Gasteiger partial charge in [-0.2, -0.15) is 0 Å². The van der Waals surface area contributed by atoms with Gasteiger partial charge in [0, 0.05) is 37.9 Å². The first-order valence-corrected chi connectivity index (χ1v) is 10.7. The van der Waals surface area contributed by atoms with Crippen molar-refractivity contribution in [1.29, 1.82) is 0 Å². The van der Waals surface area contributed by atoms with Crippen LogP contribution in [0, 0.1) is 5.82 Å². The molecule has 2 N–H and O–H groups in total. The summed E-state index contributed by atoms with van der Waals surface area (Å²) in [7, 11) is 0. The highest BCUT2D eigenvalue weighted by Gasteiger charge is 2.21. The van der Waals surface area contributed by atoms with Gasteiger partial charge >= 0.3 is 0 Å². The summed E-state index contributed by atoms with van der Waals surface area (Å²) in [6.07, 6.45) is 5.50. The number of aliphatic imine (C=N–C) groups is 1. The first-order valence-electron chi connectivity index (χ1n) is 10.7. The standard InChI is InChI=1S/C22H33FN6/c1-4-24-21(26-16-22(2,3)17-9-8-10-18(23)15-17)25-13-12-20-28-27-19-11-6-5-7-14-29(19)20/h8-10,15H,4-7,11-14,16H2,1-3H3,(H2,24,25,26). The van der Waals surface area contributed by atoms with Crippen molar-refractivity contribution in [3.8, 4) is 0 Å². The van der Waals surface area contributed by atoms with Gasteiger partial charge in [0.1, 0.15) is 17.5 Å². The largest absolute Gasteiger partial charge is 0.357 e. The first-order chi connectivity index (χ1) is 14.0. The molecule has 29 heavy (non-hydrogen) atoms. The number of aromatic nitrogens is 3. The zero-order chi connectivity index (χ0) is 20.7. The number of guanidine groups is 1. The molecule has 0 aliphatic carbocycles. The highest BCUT2D eigenvalue weighted by Crippen LogP contribution is 2.24. The summed E-state index contributed by atoms with van der Waals surface area (Å²) in [5.41, 5.74) is 0.692. The van der Waals surface area contributed by atoms with Crippen molar-refractivity contribution in [2.45, 2.75) is 64.8 Å². The monoisotopic (exact) mass is 400 g/mol. The third-order valence-corrected chi connectivity index (χ3v) is 5.41. The second-order valence-electron chi connectivity index (χ2n) is 8.26. The Hall–Kier alpha value is -2.44. The van der Waals surface area contributed by atoms with Crippen LogP contribution in [0.5, 0.6) is 0 Å². The van der Waals surface area contributed by atoms with Gasteiger partial charge in [-0.05, 0) is 37.5 Å². The smallest absolute Gasteiger partial charge is 0.191 e. The van der Waals surface area contributed by atoms with E-state index < -0.39 is 0 Å². The Balaban J connectivity index is 1.59. The lowest BCUT2D eigenvalue weighted by atomic mass is 9.85. The lowest BCUT2D eigenvalue weighted by molar-refractivity contribution is 0.529. The molecule has 0 bridgehead atoms. The van der Waals surface area contributed by atoms with Crippen LogP contribution in [-0.4, -0.2) is 40.4 Å². The van der Waals surface area contributed by atoms with Gasteiger partial charge in [-0.1, -0.05) is 32.4 Å². The van der Waals surface area contributed by atoms with E-state index in [4.69, 9.17) is 4.99 Å². The summed E-state index contributed by atoms with van der Waals surface area (Å²) in [4.78, 5) is 4.74. The SMILES string of the molecule is CCNC(=NCC(C)(C)c1cccc(F)c1)NCCc1nnc2n1CCCCC2. The van der Waals surface area contributed by atoms with Crippen molar-refractivity contribution >= 4 is 5.96 Å². The number of nitrogens with one attached hydrogen (secondary N) is 2. The summed E-state index contributed by atoms with van der Waals surface area (Å²) in [5, 5.41) is 15.5. The number of rotatable bonds is 7. The zero-order valence-corrected chi connectivity index (χ0v) is 17.8. The first kappa shape index (κ1) is 21.3. The van der Waals surface area contributed by atoms with Crippen LogP contribution in [0.15, 0.2) is 29.3 Å². The summed E-state index contributed by atoms with van der Waals surface area (Å²) >= 11 is 0. The lowest BCUT2D eigenvalue weighted by Gasteiger charge is -2.24. The molecular formula is C22H33FN6. The van der Waals surface area contributed by atoms with Crippen LogP contribution in [0.3, 0.4) is 0 Å².